The van der Waals surface area contributed by atoms with Crippen molar-refractivity contribution in [2.75, 3.05) is 18.4 Å². The summed E-state index contributed by atoms with van der Waals surface area (Å²) in [7, 11) is 0. The van der Waals surface area contributed by atoms with Crippen LogP contribution in [0.25, 0.3) is 21.8 Å². The van der Waals surface area contributed by atoms with Gasteiger partial charge in [0.2, 0.25) is 5.91 Å². The molecule has 7 nitrogen and oxygen atoms in total. The molecule has 2 heterocycles. The zero-order valence-corrected chi connectivity index (χ0v) is 15.7. The van der Waals surface area contributed by atoms with Crippen LogP contribution < -0.4 is 16.4 Å². The van der Waals surface area contributed by atoms with Crippen molar-refractivity contribution in [3.05, 3.63) is 47.6 Å². The number of nitrogens with two attached hydrogens (primary N) is 1. The fourth-order valence-corrected chi connectivity index (χ4v) is 3.36. The summed E-state index contributed by atoms with van der Waals surface area (Å²) in [5.41, 5.74) is 8.82. The zero-order chi connectivity index (χ0) is 19.2. The minimum Gasteiger partial charge on any atom is -0.364 e. The van der Waals surface area contributed by atoms with E-state index in [4.69, 9.17) is 5.73 Å². The van der Waals surface area contributed by atoms with Gasteiger partial charge in [-0.3, -0.25) is 9.59 Å². The number of aromatic nitrogens is 2. The molecule has 0 saturated carbocycles. The van der Waals surface area contributed by atoms with E-state index in [2.05, 4.69) is 27.5 Å². The van der Waals surface area contributed by atoms with E-state index in [-0.39, 0.29) is 12.5 Å². The lowest BCUT2D eigenvalue weighted by atomic mass is 10.2. The molecule has 3 aromatic rings. The van der Waals surface area contributed by atoms with Crippen LogP contribution in [0.4, 0.5) is 5.69 Å². The van der Waals surface area contributed by atoms with Crippen LogP contribution in [0.3, 0.4) is 0 Å². The lowest BCUT2D eigenvalue weighted by Gasteiger charge is -2.07. The predicted molar refractivity (Wildman–Crippen MR) is 108 cm³/mol. The van der Waals surface area contributed by atoms with E-state index >= 15 is 0 Å². The molecule has 0 spiro atoms. The van der Waals surface area contributed by atoms with Crippen LogP contribution in [-0.2, 0) is 4.79 Å². The largest absolute Gasteiger partial charge is 0.364 e. The van der Waals surface area contributed by atoms with E-state index in [0.717, 1.165) is 40.5 Å². The number of nitrogens with zero attached hydrogens (tertiary/aromatic N) is 1. The molecular weight excluding hydrogens is 362 g/mol. The molecule has 0 saturated heterocycles. The predicted octanol–water partition coefficient (Wildman–Crippen LogP) is 2.84. The summed E-state index contributed by atoms with van der Waals surface area (Å²) in [6.07, 6.45) is 2.69. The number of nitrogens with one attached hydrogen (secondary N) is 3. The Morgan fingerprint density at radius 3 is 2.85 bits per heavy atom. The maximum Gasteiger partial charge on any atom is 0.265 e. The van der Waals surface area contributed by atoms with Crippen molar-refractivity contribution >= 4 is 28.8 Å². The van der Waals surface area contributed by atoms with Gasteiger partial charge in [0, 0.05) is 28.4 Å². The Kier molecular flexibility index (Phi) is 6.00. The summed E-state index contributed by atoms with van der Waals surface area (Å²) in [4.78, 5) is 30.6. The molecule has 0 fully saturated rings. The Bertz CT molecular complexity index is 947. The van der Waals surface area contributed by atoms with Gasteiger partial charge in [-0.25, -0.2) is 4.98 Å². The van der Waals surface area contributed by atoms with Crippen LogP contribution in [0.1, 0.15) is 23.8 Å². The summed E-state index contributed by atoms with van der Waals surface area (Å²) in [6, 6.07) is 9.25. The van der Waals surface area contributed by atoms with E-state index in [0.29, 0.717) is 5.69 Å². The maximum atomic E-state index is 12.0. The van der Waals surface area contributed by atoms with Gasteiger partial charge < -0.3 is 21.4 Å². The number of aromatic amines is 1. The molecule has 5 N–H and O–H groups in total. The highest BCUT2D eigenvalue weighted by Gasteiger charge is 2.11. The molecule has 3 rings (SSSR count). The topological polar surface area (TPSA) is 113 Å². The van der Waals surface area contributed by atoms with Crippen LogP contribution in [0.5, 0.6) is 0 Å². The number of carbonyl (C=O) groups is 2. The number of carbonyl (C=O) groups excluding carboxylic acids is 2. The van der Waals surface area contributed by atoms with Crippen LogP contribution in [0.2, 0.25) is 0 Å². The Balaban J connectivity index is 1.72. The van der Waals surface area contributed by atoms with Crippen LogP contribution in [0, 0.1) is 0 Å². The minimum absolute atomic E-state index is 0.0771. The summed E-state index contributed by atoms with van der Waals surface area (Å²) in [5, 5.41) is 8.70. The van der Waals surface area contributed by atoms with Crippen molar-refractivity contribution in [2.45, 2.75) is 13.3 Å². The Labute approximate surface area is 161 Å². The molecule has 0 aliphatic rings. The highest BCUT2D eigenvalue weighted by Crippen LogP contribution is 2.30. The number of thiazole rings is 1. The molecular formula is C19H21N5O2S. The Hall–Kier alpha value is -2.97. The highest BCUT2D eigenvalue weighted by molar-refractivity contribution is 7.13. The first kappa shape index (κ1) is 18.8. The molecule has 2 aromatic heterocycles. The highest BCUT2D eigenvalue weighted by atomic mass is 32.1. The van der Waals surface area contributed by atoms with Gasteiger partial charge in [0.15, 0.2) is 0 Å². The summed E-state index contributed by atoms with van der Waals surface area (Å²) < 4.78 is 0. The van der Waals surface area contributed by atoms with Crippen molar-refractivity contribution in [1.29, 1.82) is 0 Å². The van der Waals surface area contributed by atoms with Crippen molar-refractivity contribution in [2.24, 2.45) is 5.73 Å². The van der Waals surface area contributed by atoms with Gasteiger partial charge in [-0.15, -0.1) is 11.3 Å². The first-order chi connectivity index (χ1) is 13.1. The van der Waals surface area contributed by atoms with E-state index in [1.807, 2.05) is 29.6 Å². The monoisotopic (exact) mass is 383 g/mol. The number of rotatable bonds is 8. The summed E-state index contributed by atoms with van der Waals surface area (Å²) in [6.45, 7) is 3.15. The normalized spacial score (nSPS) is 10.7. The zero-order valence-electron chi connectivity index (χ0n) is 14.9. The van der Waals surface area contributed by atoms with Crippen molar-refractivity contribution in [3.63, 3.8) is 0 Å². The average molecular weight is 383 g/mol. The second kappa shape index (κ2) is 8.61. The van der Waals surface area contributed by atoms with E-state index in [9.17, 15) is 9.59 Å². The summed E-state index contributed by atoms with van der Waals surface area (Å²) >= 11 is 1.49. The van der Waals surface area contributed by atoms with Crippen molar-refractivity contribution in [1.82, 2.24) is 15.3 Å². The van der Waals surface area contributed by atoms with Gasteiger partial charge in [-0.2, -0.15) is 0 Å². The first-order valence-corrected chi connectivity index (χ1v) is 9.50. The molecule has 140 valence electrons. The van der Waals surface area contributed by atoms with E-state index < -0.39 is 5.91 Å². The molecule has 0 aliphatic heterocycles. The van der Waals surface area contributed by atoms with E-state index in [1.54, 1.807) is 12.3 Å². The quantitative estimate of drug-likeness (QED) is 0.448. The standard InChI is InChI=1S/C19H21N5O2S/c1-2-6-21-10-17(25)23-14-5-3-4-12(7-14)19-24-16(11-27-19)13-8-15(18(20)26)22-9-13/h3-5,7-9,11,21-22H,2,6,10H2,1H3,(H2,20,26)(H,23,25). The smallest absolute Gasteiger partial charge is 0.265 e. The number of benzene rings is 1. The number of hydrogen-bond donors (Lipinski definition) is 4. The first-order valence-electron chi connectivity index (χ1n) is 8.62. The van der Waals surface area contributed by atoms with Gasteiger partial charge in [-0.1, -0.05) is 19.1 Å². The van der Waals surface area contributed by atoms with Crippen LogP contribution in [-0.4, -0.2) is 34.9 Å². The number of H-pyrrole nitrogens is 1. The maximum absolute atomic E-state index is 12.0. The van der Waals surface area contributed by atoms with Gasteiger partial charge >= 0.3 is 0 Å². The molecule has 0 bridgehead atoms. The molecule has 0 radical (unpaired) electrons. The molecule has 8 heteroatoms. The van der Waals surface area contributed by atoms with Crippen molar-refractivity contribution < 1.29 is 9.59 Å². The third kappa shape index (κ3) is 4.81. The number of amides is 2. The molecule has 0 aliphatic carbocycles. The molecule has 0 atom stereocenters. The molecule has 0 unspecified atom stereocenters. The van der Waals surface area contributed by atoms with Crippen molar-refractivity contribution in [3.8, 4) is 21.8 Å². The average Bonchev–Trinajstić information content (AvgIpc) is 3.32. The number of primary amides is 1. The van der Waals surface area contributed by atoms with Crippen LogP contribution in [0.15, 0.2) is 41.9 Å². The number of hydrogen-bond acceptors (Lipinski definition) is 5. The molecule has 27 heavy (non-hydrogen) atoms. The van der Waals surface area contributed by atoms with E-state index in [1.165, 1.54) is 11.3 Å². The van der Waals surface area contributed by atoms with Gasteiger partial charge in [0.05, 0.1) is 12.2 Å². The Morgan fingerprint density at radius 2 is 2.11 bits per heavy atom. The van der Waals surface area contributed by atoms with Gasteiger partial charge in [0.1, 0.15) is 10.7 Å². The van der Waals surface area contributed by atoms with Crippen LogP contribution >= 0.6 is 11.3 Å². The minimum atomic E-state index is -0.506. The second-order valence-electron chi connectivity index (χ2n) is 6.01. The molecule has 2 amide bonds. The lowest BCUT2D eigenvalue weighted by Crippen LogP contribution is -2.28. The third-order valence-corrected chi connectivity index (χ3v) is 4.75. The number of anilines is 1. The molecule has 1 aromatic carbocycles. The van der Waals surface area contributed by atoms with Gasteiger partial charge in [-0.05, 0) is 31.2 Å². The van der Waals surface area contributed by atoms with Gasteiger partial charge in [0.25, 0.3) is 5.91 Å². The Morgan fingerprint density at radius 1 is 1.26 bits per heavy atom. The second-order valence-corrected chi connectivity index (χ2v) is 6.87. The fraction of sp³-hybridized carbons (Fsp3) is 0.211. The third-order valence-electron chi connectivity index (χ3n) is 3.85. The SMILES string of the molecule is CCCNCC(=O)Nc1cccc(-c2nc(-c3c[nH]c(C(N)=O)c3)cs2)c1. The lowest BCUT2D eigenvalue weighted by molar-refractivity contribution is -0.115. The summed E-state index contributed by atoms with van der Waals surface area (Å²) in [5.74, 6) is -0.583. The fourth-order valence-electron chi connectivity index (χ4n) is 2.54.